The van der Waals surface area contributed by atoms with Crippen LogP contribution in [0.2, 0.25) is 0 Å². The molecule has 0 amide bonds. The smallest absolute Gasteiger partial charge is 0.0917 e. The topological polar surface area (TPSA) is 12.5 Å². The van der Waals surface area contributed by atoms with Crippen molar-refractivity contribution >= 4 is 11.6 Å². The lowest BCUT2D eigenvalue weighted by atomic mass is 9.60. The van der Waals surface area contributed by atoms with E-state index in [2.05, 4.69) is 117 Å². The Bertz CT molecular complexity index is 917. The summed E-state index contributed by atoms with van der Waals surface area (Å²) in [7, 11) is 0. The van der Waals surface area contributed by atoms with Crippen LogP contribution in [-0.4, -0.2) is 21.7 Å². The predicted molar refractivity (Wildman–Crippen MR) is 158 cm³/mol. The summed E-state index contributed by atoms with van der Waals surface area (Å²) in [5.41, 5.74) is 3.82. The van der Waals surface area contributed by atoms with Gasteiger partial charge in [-0.25, -0.2) is 0 Å². The second-order valence-corrected chi connectivity index (χ2v) is 13.7. The molecule has 2 nitrogen and oxygen atoms in total. The highest BCUT2D eigenvalue weighted by atomic mass is 35.5. The Labute approximate surface area is 227 Å². The third-order valence-corrected chi connectivity index (χ3v) is 8.72. The van der Waals surface area contributed by atoms with Gasteiger partial charge in [-0.3, -0.25) is 4.84 Å². The second-order valence-electron chi connectivity index (χ2n) is 13.4. The van der Waals surface area contributed by atoms with Crippen molar-refractivity contribution in [2.24, 2.45) is 11.3 Å². The highest BCUT2D eigenvalue weighted by Crippen LogP contribution is 2.52. The molecule has 1 aliphatic rings. The first-order valence-electron chi connectivity index (χ1n) is 13.6. The van der Waals surface area contributed by atoms with Gasteiger partial charge in [0.15, 0.2) is 0 Å². The summed E-state index contributed by atoms with van der Waals surface area (Å²) >= 11 is 6.14. The first-order chi connectivity index (χ1) is 16.5. The molecule has 1 aromatic carbocycles. The van der Waals surface area contributed by atoms with Crippen molar-refractivity contribution < 1.29 is 4.84 Å². The molecular formula is C33H52ClNO. The standard InChI is InChI=1S/C33H52ClNO/c1-24(2)15-16-25(3)26(4)32(9,10)29(28-19-17-27(23-34)18-20-28)33(11,12)36-35-30(5,6)21-13-14-22-31(35,7)8/h15-20,26,29H,1,3,13-14,21-23H2,2,4-12H3/b16-15-. The average molecular weight is 514 g/mol. The number of halogens is 1. The molecule has 0 N–H and O–H groups in total. The molecule has 36 heavy (non-hydrogen) atoms. The third-order valence-electron chi connectivity index (χ3n) is 8.41. The number of rotatable bonds is 10. The minimum Gasteiger partial charge on any atom is -0.291 e. The number of hydrogen-bond donors (Lipinski definition) is 0. The molecule has 2 rings (SSSR count). The van der Waals surface area contributed by atoms with Crippen LogP contribution in [0.3, 0.4) is 0 Å². The molecule has 202 valence electrons. The monoisotopic (exact) mass is 513 g/mol. The molecule has 1 aliphatic heterocycles. The molecule has 0 radical (unpaired) electrons. The zero-order valence-electron chi connectivity index (χ0n) is 24.8. The highest BCUT2D eigenvalue weighted by molar-refractivity contribution is 6.17. The van der Waals surface area contributed by atoms with Gasteiger partial charge in [-0.15, -0.1) is 11.6 Å². The van der Waals surface area contributed by atoms with Gasteiger partial charge in [0.2, 0.25) is 0 Å². The Morgan fingerprint density at radius 2 is 1.50 bits per heavy atom. The summed E-state index contributed by atoms with van der Waals surface area (Å²) in [6.45, 7) is 31.4. The minimum atomic E-state index is -0.475. The highest BCUT2D eigenvalue weighted by Gasteiger charge is 2.50. The normalized spacial score (nSPS) is 20.6. The fourth-order valence-corrected chi connectivity index (χ4v) is 6.50. The molecule has 3 heteroatoms. The molecule has 0 aliphatic carbocycles. The lowest BCUT2D eigenvalue weighted by molar-refractivity contribution is -0.326. The van der Waals surface area contributed by atoms with Crippen molar-refractivity contribution in [3.05, 3.63) is 71.8 Å². The minimum absolute atomic E-state index is 0.0477. The molecule has 0 saturated carbocycles. The number of benzene rings is 1. The van der Waals surface area contributed by atoms with Gasteiger partial charge in [0.25, 0.3) is 0 Å². The van der Waals surface area contributed by atoms with E-state index in [4.69, 9.17) is 16.4 Å². The van der Waals surface area contributed by atoms with E-state index < -0.39 is 5.60 Å². The zero-order valence-corrected chi connectivity index (χ0v) is 25.6. The van der Waals surface area contributed by atoms with Crippen molar-refractivity contribution in [1.29, 1.82) is 0 Å². The van der Waals surface area contributed by atoms with Crippen LogP contribution >= 0.6 is 11.6 Å². The van der Waals surface area contributed by atoms with Gasteiger partial charge < -0.3 is 0 Å². The largest absolute Gasteiger partial charge is 0.291 e. The van der Waals surface area contributed by atoms with Crippen LogP contribution in [0.15, 0.2) is 60.7 Å². The van der Waals surface area contributed by atoms with E-state index in [1.165, 1.54) is 18.4 Å². The SMILES string of the molecule is C=C(C)/C=C\C(=C)C(C)C(C)(C)C(c1ccc(CCl)cc1)C(C)(C)ON1C(C)(C)CCCCC1(C)C. The van der Waals surface area contributed by atoms with Crippen LogP contribution in [0.25, 0.3) is 0 Å². The Morgan fingerprint density at radius 3 is 1.94 bits per heavy atom. The Morgan fingerprint density at radius 1 is 1.00 bits per heavy atom. The van der Waals surface area contributed by atoms with Gasteiger partial charge in [0.1, 0.15) is 0 Å². The van der Waals surface area contributed by atoms with Crippen LogP contribution < -0.4 is 0 Å². The summed E-state index contributed by atoms with van der Waals surface area (Å²) < 4.78 is 0. The summed E-state index contributed by atoms with van der Waals surface area (Å²) in [5.74, 6) is 0.844. The summed E-state index contributed by atoms with van der Waals surface area (Å²) in [5, 5.41) is 2.34. The van der Waals surface area contributed by atoms with Crippen LogP contribution in [0.4, 0.5) is 0 Å². The molecule has 1 heterocycles. The first kappa shape index (κ1) is 30.9. The molecular weight excluding hydrogens is 462 g/mol. The maximum absolute atomic E-state index is 7.22. The van der Waals surface area contributed by atoms with Crippen molar-refractivity contribution in [2.45, 2.75) is 123 Å². The van der Waals surface area contributed by atoms with E-state index in [0.717, 1.165) is 29.6 Å². The van der Waals surface area contributed by atoms with Gasteiger partial charge in [-0.1, -0.05) is 94.3 Å². The van der Waals surface area contributed by atoms with Gasteiger partial charge in [0.05, 0.1) is 5.60 Å². The number of nitrogens with zero attached hydrogens (tertiary/aromatic N) is 1. The fourth-order valence-electron chi connectivity index (χ4n) is 6.32. The number of alkyl halides is 1. The number of hydroxylamine groups is 2. The lowest BCUT2D eigenvalue weighted by Crippen LogP contribution is -2.59. The maximum Gasteiger partial charge on any atom is 0.0917 e. The molecule has 2 atom stereocenters. The van der Waals surface area contributed by atoms with E-state index in [9.17, 15) is 0 Å². The van der Waals surface area contributed by atoms with Crippen molar-refractivity contribution in [2.75, 3.05) is 0 Å². The Kier molecular flexibility index (Phi) is 9.93. The molecule has 0 aromatic heterocycles. The molecule has 0 spiro atoms. The van der Waals surface area contributed by atoms with Crippen LogP contribution in [-0.2, 0) is 10.7 Å². The van der Waals surface area contributed by atoms with Gasteiger partial charge in [0, 0.05) is 22.9 Å². The van der Waals surface area contributed by atoms with Crippen molar-refractivity contribution in [3.63, 3.8) is 0 Å². The third kappa shape index (κ3) is 7.15. The molecule has 1 aromatic rings. The summed E-state index contributed by atoms with van der Waals surface area (Å²) in [4.78, 5) is 7.22. The lowest BCUT2D eigenvalue weighted by Gasteiger charge is -2.54. The van der Waals surface area contributed by atoms with Crippen LogP contribution in [0.5, 0.6) is 0 Å². The predicted octanol–water partition coefficient (Wildman–Crippen LogP) is 10.0. The quantitative estimate of drug-likeness (QED) is 0.228. The summed E-state index contributed by atoms with van der Waals surface area (Å²) in [6.07, 6.45) is 8.91. The van der Waals surface area contributed by atoms with E-state index in [1.54, 1.807) is 0 Å². The number of hydrogen-bond acceptors (Lipinski definition) is 2. The zero-order chi connectivity index (χ0) is 27.5. The molecule has 0 bridgehead atoms. The van der Waals surface area contributed by atoms with Gasteiger partial charge in [-0.05, 0) is 83.8 Å². The molecule has 2 unspecified atom stereocenters. The molecule has 1 saturated heterocycles. The average Bonchev–Trinajstić information content (AvgIpc) is 2.87. The van der Waals surface area contributed by atoms with E-state index in [0.29, 0.717) is 5.88 Å². The Balaban J connectivity index is 2.60. The van der Waals surface area contributed by atoms with Crippen LogP contribution in [0.1, 0.15) is 112 Å². The fraction of sp³-hybridized carbons (Fsp3) is 0.636. The second kappa shape index (κ2) is 11.6. The van der Waals surface area contributed by atoms with E-state index >= 15 is 0 Å². The molecule has 1 fully saturated rings. The summed E-state index contributed by atoms with van der Waals surface area (Å²) in [6, 6.07) is 8.80. The van der Waals surface area contributed by atoms with Crippen LogP contribution in [0, 0.1) is 11.3 Å². The van der Waals surface area contributed by atoms with Gasteiger partial charge >= 0.3 is 0 Å². The van der Waals surface area contributed by atoms with Crippen molar-refractivity contribution in [1.82, 2.24) is 5.06 Å². The van der Waals surface area contributed by atoms with E-state index in [1.807, 2.05) is 6.92 Å². The first-order valence-corrected chi connectivity index (χ1v) is 14.2. The van der Waals surface area contributed by atoms with Crippen molar-refractivity contribution in [3.8, 4) is 0 Å². The van der Waals surface area contributed by atoms with Gasteiger partial charge in [-0.2, -0.15) is 5.06 Å². The van der Waals surface area contributed by atoms with E-state index in [-0.39, 0.29) is 28.3 Å². The number of allylic oxidation sites excluding steroid dienone is 4. The Hall–Kier alpha value is -1.35. The maximum atomic E-state index is 7.22.